The number of quaternary nitrogens is 1. The van der Waals surface area contributed by atoms with Gasteiger partial charge in [0.25, 0.3) is 0 Å². The third-order valence-corrected chi connectivity index (χ3v) is 5.36. The van der Waals surface area contributed by atoms with Crippen molar-refractivity contribution in [3.63, 3.8) is 0 Å². The Kier molecular flexibility index (Phi) is 9.26. The van der Waals surface area contributed by atoms with Crippen LogP contribution in [0.4, 0.5) is 0 Å². The molecule has 0 amide bonds. The van der Waals surface area contributed by atoms with Crippen molar-refractivity contribution in [1.29, 1.82) is 0 Å². The Bertz CT molecular complexity index is 525. The van der Waals surface area contributed by atoms with Crippen LogP contribution in [0.3, 0.4) is 0 Å². The average Bonchev–Trinajstić information content (AvgIpc) is 2.56. The lowest BCUT2D eigenvalue weighted by molar-refractivity contribution is -0.867. The molecular formula is C15H31NO10P+. The normalized spacial score (nSPS) is 31.4. The summed E-state index contributed by atoms with van der Waals surface area (Å²) in [5.74, 6) is -1.30. The number of aliphatic hydroxyl groups excluding tert-OH is 1. The fourth-order valence-electron chi connectivity index (χ4n) is 2.51. The minimum atomic E-state index is -3.76. The first-order valence-electron chi connectivity index (χ1n) is 8.42. The lowest BCUT2D eigenvalue weighted by atomic mass is 9.98. The molecule has 1 fully saturated rings. The van der Waals surface area contributed by atoms with Crippen LogP contribution in [0, 0.1) is 0 Å². The summed E-state index contributed by atoms with van der Waals surface area (Å²) in [5, 5.41) is 19.5. The van der Waals surface area contributed by atoms with Crippen molar-refractivity contribution < 1.29 is 52.4 Å². The highest BCUT2D eigenvalue weighted by atomic mass is 31.2. The third kappa shape index (κ3) is 7.72. The van der Waals surface area contributed by atoms with Crippen molar-refractivity contribution in [1.82, 2.24) is 0 Å². The van der Waals surface area contributed by atoms with Crippen molar-refractivity contribution in [2.24, 2.45) is 0 Å². The summed E-state index contributed by atoms with van der Waals surface area (Å²) < 4.78 is 38.3. The van der Waals surface area contributed by atoms with Crippen molar-refractivity contribution in [3.05, 3.63) is 0 Å². The molecule has 3 N–H and O–H groups in total. The summed E-state index contributed by atoms with van der Waals surface area (Å²) in [7, 11) is 4.46. The molecule has 3 unspecified atom stereocenters. The van der Waals surface area contributed by atoms with Gasteiger partial charge >= 0.3 is 13.6 Å². The molecule has 0 aromatic heterocycles. The van der Waals surface area contributed by atoms with Crippen molar-refractivity contribution in [2.45, 2.75) is 30.7 Å². The monoisotopic (exact) mass is 416 g/mol. The number of nitrogens with zero attached hydrogens (tertiary/aromatic N) is 1. The Morgan fingerprint density at radius 3 is 2.26 bits per heavy atom. The molecular weight excluding hydrogens is 385 g/mol. The van der Waals surface area contributed by atoms with Crippen LogP contribution < -0.4 is 0 Å². The van der Waals surface area contributed by atoms with Gasteiger partial charge in [-0.2, -0.15) is 0 Å². The van der Waals surface area contributed by atoms with Crippen molar-refractivity contribution >= 4 is 13.6 Å². The molecule has 1 aliphatic rings. The molecule has 1 heterocycles. The highest BCUT2D eigenvalue weighted by Gasteiger charge is 2.49. The summed E-state index contributed by atoms with van der Waals surface area (Å²) in [6, 6.07) is 0. The second-order valence-electron chi connectivity index (χ2n) is 7.23. The maximum atomic E-state index is 12.0. The molecule has 0 radical (unpaired) electrons. The minimum absolute atomic E-state index is 0.00159. The van der Waals surface area contributed by atoms with Gasteiger partial charge in [-0.1, -0.05) is 0 Å². The largest absolute Gasteiger partial charge is 0.479 e. The van der Waals surface area contributed by atoms with Crippen LogP contribution in [0.25, 0.3) is 0 Å². The van der Waals surface area contributed by atoms with Crippen LogP contribution in [0.1, 0.15) is 0 Å². The van der Waals surface area contributed by atoms with E-state index in [1.165, 1.54) is 14.2 Å². The number of aliphatic hydroxyl groups is 1. The SMILES string of the molecule is CO[C@@H]1C(C(=O)O)O[C@@H](OC)[C@H](OCCOP(=O)(O)CC[N+](C)(C)C)C1O. The Hall–Kier alpha value is -0.620. The second kappa shape index (κ2) is 10.2. The molecule has 0 aromatic carbocycles. The number of aliphatic carboxylic acids is 1. The summed E-state index contributed by atoms with van der Waals surface area (Å²) in [6.07, 6.45) is -6.12. The van der Waals surface area contributed by atoms with Crippen LogP contribution in [0.15, 0.2) is 0 Å². The highest BCUT2D eigenvalue weighted by Crippen LogP contribution is 2.41. The molecule has 27 heavy (non-hydrogen) atoms. The Balaban J connectivity index is 2.57. The Morgan fingerprint density at radius 1 is 1.15 bits per heavy atom. The molecule has 0 aromatic rings. The van der Waals surface area contributed by atoms with Gasteiger partial charge in [-0.15, -0.1) is 0 Å². The zero-order valence-corrected chi connectivity index (χ0v) is 17.2. The van der Waals surface area contributed by atoms with E-state index < -0.39 is 44.3 Å². The summed E-state index contributed by atoms with van der Waals surface area (Å²) >= 11 is 0. The maximum absolute atomic E-state index is 12.0. The van der Waals surface area contributed by atoms with Gasteiger partial charge in [-0.05, 0) is 0 Å². The van der Waals surface area contributed by atoms with E-state index in [2.05, 4.69) is 0 Å². The number of hydrogen-bond donors (Lipinski definition) is 3. The van der Waals surface area contributed by atoms with E-state index in [0.717, 1.165) is 0 Å². The first kappa shape index (κ1) is 24.4. The molecule has 0 aliphatic carbocycles. The van der Waals surface area contributed by atoms with E-state index in [-0.39, 0.29) is 19.4 Å². The lowest BCUT2D eigenvalue weighted by Gasteiger charge is -2.41. The van der Waals surface area contributed by atoms with Crippen LogP contribution in [-0.4, -0.2) is 118 Å². The first-order chi connectivity index (χ1) is 12.4. The van der Waals surface area contributed by atoms with Gasteiger partial charge in [0, 0.05) is 14.2 Å². The fraction of sp³-hybridized carbons (Fsp3) is 0.933. The molecule has 1 aliphatic heterocycles. The molecule has 0 saturated carbocycles. The van der Waals surface area contributed by atoms with Crippen LogP contribution >= 0.6 is 7.60 Å². The van der Waals surface area contributed by atoms with E-state index in [4.69, 9.17) is 23.5 Å². The zero-order chi connectivity index (χ0) is 20.8. The molecule has 0 spiro atoms. The van der Waals surface area contributed by atoms with Crippen molar-refractivity contribution in [2.75, 3.05) is 61.3 Å². The van der Waals surface area contributed by atoms with E-state index in [0.29, 0.717) is 11.0 Å². The van der Waals surface area contributed by atoms with Gasteiger partial charge in [0.05, 0.1) is 47.1 Å². The van der Waals surface area contributed by atoms with Gasteiger partial charge in [0.2, 0.25) is 0 Å². The highest BCUT2D eigenvalue weighted by molar-refractivity contribution is 7.52. The predicted molar refractivity (Wildman–Crippen MR) is 93.4 cm³/mol. The van der Waals surface area contributed by atoms with Gasteiger partial charge in [-0.25, -0.2) is 4.79 Å². The molecule has 0 bridgehead atoms. The van der Waals surface area contributed by atoms with Gasteiger partial charge < -0.3 is 43.1 Å². The third-order valence-electron chi connectivity index (χ3n) is 4.01. The number of carboxylic acids is 1. The number of rotatable bonds is 11. The number of ether oxygens (including phenoxy) is 4. The topological polar surface area (TPSA) is 141 Å². The number of carboxylic acid groups (broad SMARTS) is 1. The summed E-state index contributed by atoms with van der Waals surface area (Å²) in [5.41, 5.74) is 0. The van der Waals surface area contributed by atoms with Gasteiger partial charge in [-0.3, -0.25) is 4.57 Å². The molecule has 1 saturated heterocycles. The van der Waals surface area contributed by atoms with Gasteiger partial charge in [0.15, 0.2) is 12.4 Å². The molecule has 6 atom stereocenters. The molecule has 11 nitrogen and oxygen atoms in total. The second-order valence-corrected chi connectivity index (χ2v) is 9.21. The quantitative estimate of drug-likeness (QED) is 0.221. The zero-order valence-electron chi connectivity index (χ0n) is 16.3. The number of carbonyl (C=O) groups is 1. The van der Waals surface area contributed by atoms with Crippen molar-refractivity contribution in [3.8, 4) is 0 Å². The van der Waals surface area contributed by atoms with E-state index in [1.54, 1.807) is 0 Å². The maximum Gasteiger partial charge on any atom is 0.335 e. The lowest BCUT2D eigenvalue weighted by Crippen LogP contribution is -2.61. The predicted octanol–water partition coefficient (Wildman–Crippen LogP) is -0.888. The number of hydrogen-bond acceptors (Lipinski definition) is 8. The Morgan fingerprint density at radius 2 is 1.78 bits per heavy atom. The van der Waals surface area contributed by atoms with Crippen LogP contribution in [0.5, 0.6) is 0 Å². The van der Waals surface area contributed by atoms with Crippen LogP contribution in [-0.2, 0) is 32.8 Å². The molecule has 160 valence electrons. The smallest absolute Gasteiger partial charge is 0.335 e. The standard InChI is InChI=1S/C15H30NO10P/c1-16(2,3)6-9-27(20,21)25-8-7-24-12-10(17)11(22-4)13(14(18)19)26-15(12)23-5/h10-13,15,17H,6-9H2,1-5H3,(H-,18,19,20,21)/p+1/t10?,11-,12+,13?,15+/m0/s1. The first-order valence-corrected chi connectivity index (χ1v) is 10.2. The van der Waals surface area contributed by atoms with Crippen LogP contribution in [0.2, 0.25) is 0 Å². The average molecular weight is 416 g/mol. The summed E-state index contributed by atoms with van der Waals surface area (Å²) in [6.45, 7) is 0.139. The Labute approximate surface area is 158 Å². The fourth-order valence-corrected chi connectivity index (χ4v) is 3.85. The summed E-state index contributed by atoms with van der Waals surface area (Å²) in [4.78, 5) is 21.1. The molecule has 1 rings (SSSR count). The van der Waals surface area contributed by atoms with E-state index in [1.807, 2.05) is 21.1 Å². The number of methoxy groups -OCH3 is 2. The minimum Gasteiger partial charge on any atom is -0.479 e. The van der Waals surface area contributed by atoms with Gasteiger partial charge in [0.1, 0.15) is 18.3 Å². The molecule has 12 heteroatoms. The van der Waals surface area contributed by atoms with E-state index in [9.17, 15) is 24.5 Å². The van der Waals surface area contributed by atoms with E-state index >= 15 is 0 Å².